The number of hydrogen-bond acceptors (Lipinski definition) is 6. The number of amides is 1. The Morgan fingerprint density at radius 1 is 1.29 bits per heavy atom. The van der Waals surface area contributed by atoms with E-state index in [0.717, 1.165) is 12.3 Å². The summed E-state index contributed by atoms with van der Waals surface area (Å²) in [5.41, 5.74) is 0.465. The fourth-order valence-corrected chi connectivity index (χ4v) is 4.34. The van der Waals surface area contributed by atoms with Crippen LogP contribution in [0.25, 0.3) is 16.9 Å². The predicted octanol–water partition coefficient (Wildman–Crippen LogP) is 3.73. The Labute approximate surface area is 195 Å². The first-order valence-electron chi connectivity index (χ1n) is 10.6. The molecule has 0 aliphatic heterocycles. The molecule has 0 saturated carbocycles. The SMILES string of the molecule is Cc1nn(C)c(-n2ccc3cc(C(F)(F)F)cnc32)c1CCS(=O)(=O)OC(=O)NCCC(C)C. The van der Waals surface area contributed by atoms with E-state index in [-0.39, 0.29) is 17.5 Å². The second-order valence-electron chi connectivity index (χ2n) is 8.32. The number of carbonyl (C=O) groups is 1. The molecule has 1 amide bonds. The van der Waals surface area contributed by atoms with Gasteiger partial charge in [0.1, 0.15) is 11.5 Å². The van der Waals surface area contributed by atoms with Gasteiger partial charge in [0.25, 0.3) is 0 Å². The molecule has 3 aromatic rings. The lowest BCUT2D eigenvalue weighted by molar-refractivity contribution is -0.137. The number of hydrogen-bond donors (Lipinski definition) is 1. The first kappa shape index (κ1) is 25.5. The van der Waals surface area contributed by atoms with E-state index in [1.807, 2.05) is 13.8 Å². The van der Waals surface area contributed by atoms with Crippen molar-refractivity contribution in [3.05, 3.63) is 41.3 Å². The first-order chi connectivity index (χ1) is 15.8. The van der Waals surface area contributed by atoms with Crippen molar-refractivity contribution < 1.29 is 30.6 Å². The van der Waals surface area contributed by atoms with E-state index < -0.39 is 33.7 Å². The van der Waals surface area contributed by atoms with Crippen molar-refractivity contribution in [2.75, 3.05) is 12.3 Å². The Hall–Kier alpha value is -3.09. The van der Waals surface area contributed by atoms with E-state index in [4.69, 9.17) is 0 Å². The highest BCUT2D eigenvalue weighted by Gasteiger charge is 2.31. The van der Waals surface area contributed by atoms with Crippen LogP contribution in [-0.2, 0) is 33.9 Å². The molecule has 0 aromatic carbocycles. The van der Waals surface area contributed by atoms with E-state index >= 15 is 0 Å². The lowest BCUT2D eigenvalue weighted by Gasteiger charge is -2.11. The fraction of sp³-hybridized carbons (Fsp3) is 0.476. The van der Waals surface area contributed by atoms with Gasteiger partial charge in [0.2, 0.25) is 0 Å². The van der Waals surface area contributed by atoms with Crippen LogP contribution in [0.4, 0.5) is 18.0 Å². The second kappa shape index (κ2) is 9.65. The topological polar surface area (TPSA) is 108 Å². The average molecular weight is 502 g/mol. The van der Waals surface area contributed by atoms with Gasteiger partial charge in [-0.1, -0.05) is 13.8 Å². The molecule has 186 valence electrons. The first-order valence-corrected chi connectivity index (χ1v) is 12.1. The number of aromatic nitrogens is 4. The molecule has 0 radical (unpaired) electrons. The molecular weight excluding hydrogens is 475 g/mol. The zero-order valence-corrected chi connectivity index (χ0v) is 20.0. The van der Waals surface area contributed by atoms with Crippen molar-refractivity contribution in [1.29, 1.82) is 0 Å². The fourth-order valence-electron chi connectivity index (χ4n) is 3.51. The van der Waals surface area contributed by atoms with Gasteiger partial charge < -0.3 is 9.50 Å². The van der Waals surface area contributed by atoms with Crippen molar-refractivity contribution in [1.82, 2.24) is 24.6 Å². The summed E-state index contributed by atoms with van der Waals surface area (Å²) in [7, 11) is -2.55. The Balaban J connectivity index is 1.82. The highest BCUT2D eigenvalue weighted by molar-refractivity contribution is 7.87. The molecule has 0 bridgehead atoms. The quantitative estimate of drug-likeness (QED) is 0.471. The number of carbonyl (C=O) groups excluding carboxylic acids is 1. The summed E-state index contributed by atoms with van der Waals surface area (Å²) in [4.78, 5) is 15.8. The third-order valence-corrected chi connectivity index (χ3v) is 6.30. The largest absolute Gasteiger partial charge is 0.422 e. The van der Waals surface area contributed by atoms with Gasteiger partial charge in [0.05, 0.1) is 17.0 Å². The van der Waals surface area contributed by atoms with Gasteiger partial charge in [-0.25, -0.2) is 9.78 Å². The van der Waals surface area contributed by atoms with Gasteiger partial charge >= 0.3 is 22.4 Å². The number of nitrogens with zero attached hydrogens (tertiary/aromatic N) is 4. The van der Waals surface area contributed by atoms with E-state index in [9.17, 15) is 26.4 Å². The minimum atomic E-state index is -4.52. The standard InChI is InChI=1S/C21H26F3N5O4S/c1-13(2)5-8-25-20(30)33-34(31,32)10-7-17-14(3)27-28(4)19(17)29-9-6-15-11-16(21(22,23)24)12-26-18(15)29/h6,9,11-13H,5,7-8,10H2,1-4H3,(H,25,30). The molecule has 9 nitrogen and oxygen atoms in total. The third kappa shape index (κ3) is 5.88. The molecule has 0 fully saturated rings. The van der Waals surface area contributed by atoms with Crippen LogP contribution in [0.3, 0.4) is 0 Å². The van der Waals surface area contributed by atoms with Crippen molar-refractivity contribution in [3.8, 4) is 5.82 Å². The van der Waals surface area contributed by atoms with Gasteiger partial charge in [-0.2, -0.15) is 26.7 Å². The Morgan fingerprint density at radius 3 is 2.65 bits per heavy atom. The Bertz CT molecular complexity index is 1300. The van der Waals surface area contributed by atoms with Crippen molar-refractivity contribution >= 4 is 27.2 Å². The Morgan fingerprint density at radius 2 is 2.00 bits per heavy atom. The molecule has 0 aliphatic carbocycles. The average Bonchev–Trinajstić information content (AvgIpc) is 3.24. The minimum absolute atomic E-state index is 0.0308. The maximum Gasteiger partial charge on any atom is 0.422 e. The van der Waals surface area contributed by atoms with Crippen molar-refractivity contribution in [2.24, 2.45) is 13.0 Å². The smallest absolute Gasteiger partial charge is 0.328 e. The van der Waals surface area contributed by atoms with E-state index in [1.54, 1.807) is 24.7 Å². The maximum atomic E-state index is 13.0. The molecule has 3 rings (SSSR count). The second-order valence-corrected chi connectivity index (χ2v) is 10.0. The molecular formula is C21H26F3N5O4S. The Kier molecular flexibility index (Phi) is 7.24. The molecule has 3 heterocycles. The third-order valence-electron chi connectivity index (χ3n) is 5.19. The number of alkyl halides is 3. The summed E-state index contributed by atoms with van der Waals surface area (Å²) in [5, 5.41) is 7.00. The van der Waals surface area contributed by atoms with Crippen molar-refractivity contribution in [2.45, 2.75) is 39.8 Å². The summed E-state index contributed by atoms with van der Waals surface area (Å²) in [6.07, 6.45) is -2.62. The van der Waals surface area contributed by atoms with Crippen LogP contribution in [0.2, 0.25) is 0 Å². The maximum absolute atomic E-state index is 13.0. The number of fused-ring (bicyclic) bond motifs is 1. The van der Waals surface area contributed by atoms with Crippen LogP contribution < -0.4 is 5.32 Å². The monoisotopic (exact) mass is 501 g/mol. The van der Waals surface area contributed by atoms with Crippen LogP contribution >= 0.6 is 0 Å². The van der Waals surface area contributed by atoms with Crippen LogP contribution in [0.15, 0.2) is 24.5 Å². The van der Waals surface area contributed by atoms with Crippen LogP contribution in [-0.4, -0.2) is 46.1 Å². The van der Waals surface area contributed by atoms with Gasteiger partial charge in [0, 0.05) is 36.9 Å². The number of nitrogens with one attached hydrogen (secondary N) is 1. The van der Waals surface area contributed by atoms with Crippen LogP contribution in [0, 0.1) is 12.8 Å². The molecule has 0 aliphatic rings. The van der Waals surface area contributed by atoms with Crippen LogP contribution in [0.1, 0.15) is 37.1 Å². The highest BCUT2D eigenvalue weighted by atomic mass is 32.2. The molecule has 1 N–H and O–H groups in total. The van der Waals surface area contributed by atoms with E-state index in [1.165, 1.54) is 10.7 Å². The van der Waals surface area contributed by atoms with E-state index in [2.05, 4.69) is 19.6 Å². The number of aryl methyl sites for hydroxylation is 2. The van der Waals surface area contributed by atoms with Crippen LogP contribution in [0.5, 0.6) is 0 Å². The summed E-state index contributed by atoms with van der Waals surface area (Å²) >= 11 is 0. The summed E-state index contributed by atoms with van der Waals surface area (Å²) in [6, 6.07) is 2.49. The van der Waals surface area contributed by atoms with Gasteiger partial charge in [-0.3, -0.25) is 9.25 Å². The lowest BCUT2D eigenvalue weighted by atomic mass is 10.1. The number of pyridine rings is 1. The molecule has 0 spiro atoms. The molecule has 0 atom stereocenters. The van der Waals surface area contributed by atoms with E-state index in [0.29, 0.717) is 36.0 Å². The summed E-state index contributed by atoms with van der Waals surface area (Å²) < 4.78 is 71.4. The molecule has 3 aromatic heterocycles. The number of rotatable bonds is 8. The molecule has 0 saturated heterocycles. The predicted molar refractivity (Wildman–Crippen MR) is 119 cm³/mol. The van der Waals surface area contributed by atoms with Gasteiger partial charge in [0.15, 0.2) is 0 Å². The summed E-state index contributed by atoms with van der Waals surface area (Å²) in [5.74, 6) is 0.300. The van der Waals surface area contributed by atoms with Gasteiger partial charge in [-0.05, 0) is 37.8 Å². The van der Waals surface area contributed by atoms with Crippen molar-refractivity contribution in [3.63, 3.8) is 0 Å². The zero-order chi connectivity index (χ0) is 25.3. The molecule has 0 unspecified atom stereocenters. The molecule has 13 heteroatoms. The molecule has 34 heavy (non-hydrogen) atoms. The highest BCUT2D eigenvalue weighted by Crippen LogP contribution is 2.32. The lowest BCUT2D eigenvalue weighted by Crippen LogP contribution is -2.29. The minimum Gasteiger partial charge on any atom is -0.328 e. The normalized spacial score (nSPS) is 12.5. The zero-order valence-electron chi connectivity index (χ0n) is 19.2. The number of halogens is 3. The van der Waals surface area contributed by atoms with Gasteiger partial charge in [-0.15, -0.1) is 0 Å². The summed E-state index contributed by atoms with van der Waals surface area (Å²) in [6.45, 7) is 5.92.